The zero-order chi connectivity index (χ0) is 38.1. The lowest BCUT2D eigenvalue weighted by Gasteiger charge is -2.46. The Kier molecular flexibility index (Phi) is 9.76. The van der Waals surface area contributed by atoms with Gasteiger partial charge in [-0.15, -0.1) is 0 Å². The van der Waals surface area contributed by atoms with E-state index in [9.17, 15) is 14.7 Å². The fourth-order valence-corrected chi connectivity index (χ4v) is 9.25. The SMILES string of the molecule is NC(=O)NCC#Cc1ccc2c(c1)C1(C(=O)N2)C(C(=O)N2CCCCCCC2)C2C(=O)OC(c3ccccc3)C(c3ccccc3)N2C1c1ccc(O)cc1. The van der Waals surface area contributed by atoms with Gasteiger partial charge >= 0.3 is 12.0 Å². The van der Waals surface area contributed by atoms with Gasteiger partial charge in [0.2, 0.25) is 11.8 Å². The van der Waals surface area contributed by atoms with Crippen LogP contribution in [-0.2, 0) is 24.5 Å². The number of cyclic esters (lactones) is 1. The number of ether oxygens (including phenoxy) is 1. The molecule has 0 saturated carbocycles. The summed E-state index contributed by atoms with van der Waals surface area (Å²) in [5, 5.41) is 16.1. The number of carbonyl (C=O) groups is 4. The van der Waals surface area contributed by atoms with Crippen LogP contribution in [0.1, 0.15) is 78.1 Å². The number of hydrogen-bond donors (Lipinski definition) is 4. The van der Waals surface area contributed by atoms with Gasteiger partial charge in [0.15, 0.2) is 0 Å². The molecule has 5 N–H and O–H groups in total. The third-order valence-electron chi connectivity index (χ3n) is 11.5. The van der Waals surface area contributed by atoms with Crippen LogP contribution in [0.15, 0.2) is 103 Å². The van der Waals surface area contributed by atoms with Gasteiger partial charge in [0.25, 0.3) is 0 Å². The Morgan fingerprint density at radius 2 is 1.49 bits per heavy atom. The topological polar surface area (TPSA) is 154 Å². The Hall–Kier alpha value is -6.12. The lowest BCUT2D eigenvalue weighted by Crippen LogP contribution is -2.55. The number of anilines is 1. The number of nitrogens with two attached hydrogens (primary N) is 1. The summed E-state index contributed by atoms with van der Waals surface area (Å²) >= 11 is 0. The number of nitrogens with zero attached hydrogens (tertiary/aromatic N) is 2. The number of likely N-dealkylation sites (tertiary alicyclic amines) is 1. The number of fused-ring (bicyclic) bond motifs is 3. The Morgan fingerprint density at radius 3 is 2.16 bits per heavy atom. The second-order valence-electron chi connectivity index (χ2n) is 14.7. The third-order valence-corrected chi connectivity index (χ3v) is 11.5. The molecule has 4 heterocycles. The number of nitrogens with one attached hydrogen (secondary N) is 2. The van der Waals surface area contributed by atoms with Gasteiger partial charge in [0, 0.05) is 24.3 Å². The molecule has 55 heavy (non-hydrogen) atoms. The fourth-order valence-electron chi connectivity index (χ4n) is 9.25. The molecule has 6 atom stereocenters. The molecule has 4 aliphatic heterocycles. The van der Waals surface area contributed by atoms with Crippen LogP contribution in [0, 0.1) is 17.8 Å². The van der Waals surface area contributed by atoms with E-state index >= 15 is 9.59 Å². The molecule has 0 aliphatic carbocycles. The fraction of sp³-hybridized carbons (Fsp3) is 0.318. The van der Waals surface area contributed by atoms with Crippen molar-refractivity contribution in [3.05, 3.63) is 131 Å². The van der Waals surface area contributed by atoms with Gasteiger partial charge in [-0.3, -0.25) is 19.3 Å². The first-order chi connectivity index (χ1) is 26.8. The summed E-state index contributed by atoms with van der Waals surface area (Å²) in [7, 11) is 0. The van der Waals surface area contributed by atoms with Gasteiger partial charge in [0.1, 0.15) is 23.3 Å². The molecule has 3 fully saturated rings. The molecule has 4 aromatic rings. The molecular weight excluding hydrogens is 695 g/mol. The van der Waals surface area contributed by atoms with Crippen LogP contribution in [0.4, 0.5) is 10.5 Å². The summed E-state index contributed by atoms with van der Waals surface area (Å²) in [6.45, 7) is 1.04. The Labute approximate surface area is 319 Å². The summed E-state index contributed by atoms with van der Waals surface area (Å²) in [6, 6.07) is 28.0. The van der Waals surface area contributed by atoms with Crippen molar-refractivity contribution in [1.82, 2.24) is 15.1 Å². The maximum absolute atomic E-state index is 15.6. The van der Waals surface area contributed by atoms with Crippen molar-refractivity contribution in [1.29, 1.82) is 0 Å². The van der Waals surface area contributed by atoms with Gasteiger partial charge in [-0.25, -0.2) is 4.79 Å². The predicted molar refractivity (Wildman–Crippen MR) is 205 cm³/mol. The second-order valence-corrected chi connectivity index (χ2v) is 14.7. The van der Waals surface area contributed by atoms with Crippen molar-refractivity contribution in [2.75, 3.05) is 25.0 Å². The molecule has 4 aliphatic rings. The predicted octanol–water partition coefficient (Wildman–Crippen LogP) is 5.48. The molecule has 0 radical (unpaired) electrons. The van der Waals surface area contributed by atoms with E-state index in [4.69, 9.17) is 10.5 Å². The first kappa shape index (κ1) is 35.9. The smallest absolute Gasteiger partial charge is 0.324 e. The molecule has 0 aromatic heterocycles. The first-order valence-electron chi connectivity index (χ1n) is 18.9. The van der Waals surface area contributed by atoms with E-state index in [-0.39, 0.29) is 18.2 Å². The molecule has 280 valence electrons. The highest BCUT2D eigenvalue weighted by atomic mass is 16.6. The van der Waals surface area contributed by atoms with Crippen LogP contribution in [0.25, 0.3) is 0 Å². The van der Waals surface area contributed by atoms with Gasteiger partial charge in [-0.1, -0.05) is 104 Å². The van der Waals surface area contributed by atoms with E-state index in [1.54, 1.807) is 36.4 Å². The number of rotatable bonds is 5. The second kappa shape index (κ2) is 15.0. The van der Waals surface area contributed by atoms with Crippen molar-refractivity contribution in [2.24, 2.45) is 11.7 Å². The summed E-state index contributed by atoms with van der Waals surface area (Å²) in [6.07, 6.45) is 3.91. The number of esters is 1. The highest BCUT2D eigenvalue weighted by Gasteiger charge is 2.74. The number of phenols is 1. The summed E-state index contributed by atoms with van der Waals surface area (Å²) in [5.74, 6) is 3.58. The van der Waals surface area contributed by atoms with Gasteiger partial charge in [0.05, 0.1) is 24.5 Å². The largest absolute Gasteiger partial charge is 0.508 e. The zero-order valence-corrected chi connectivity index (χ0v) is 30.3. The average molecular weight is 738 g/mol. The number of amides is 4. The van der Waals surface area contributed by atoms with E-state index in [0.29, 0.717) is 35.5 Å². The number of primary amides is 1. The summed E-state index contributed by atoms with van der Waals surface area (Å²) < 4.78 is 6.51. The van der Waals surface area contributed by atoms with E-state index in [1.165, 1.54) is 0 Å². The molecule has 11 nitrogen and oxygen atoms in total. The average Bonchev–Trinajstić information content (AvgIpc) is 3.65. The normalized spacial score (nSPS) is 26.0. The molecule has 1 spiro atoms. The highest BCUT2D eigenvalue weighted by Crippen LogP contribution is 2.65. The van der Waals surface area contributed by atoms with Crippen LogP contribution in [0.5, 0.6) is 5.75 Å². The minimum absolute atomic E-state index is 0.0161. The number of hydrogen-bond acceptors (Lipinski definition) is 7. The van der Waals surface area contributed by atoms with Crippen molar-refractivity contribution >= 4 is 29.5 Å². The molecule has 4 amide bonds. The van der Waals surface area contributed by atoms with Crippen molar-refractivity contribution in [3.63, 3.8) is 0 Å². The van der Waals surface area contributed by atoms with Crippen LogP contribution in [0.2, 0.25) is 0 Å². The Bertz CT molecular complexity index is 2160. The number of aromatic hydroxyl groups is 1. The van der Waals surface area contributed by atoms with Gasteiger partial charge < -0.3 is 31.1 Å². The number of morpholine rings is 1. The zero-order valence-electron chi connectivity index (χ0n) is 30.3. The third kappa shape index (κ3) is 6.36. The lowest BCUT2D eigenvalue weighted by atomic mass is 9.65. The lowest BCUT2D eigenvalue weighted by molar-refractivity contribution is -0.179. The highest BCUT2D eigenvalue weighted by molar-refractivity contribution is 6.12. The van der Waals surface area contributed by atoms with E-state index < -0.39 is 53.5 Å². The molecule has 8 rings (SSSR count). The maximum atomic E-state index is 15.6. The maximum Gasteiger partial charge on any atom is 0.324 e. The summed E-state index contributed by atoms with van der Waals surface area (Å²) in [5.41, 5.74) is 7.51. The number of carbonyl (C=O) groups excluding carboxylic acids is 4. The molecule has 6 unspecified atom stereocenters. The van der Waals surface area contributed by atoms with E-state index in [2.05, 4.69) is 27.4 Å². The van der Waals surface area contributed by atoms with Crippen molar-refractivity contribution in [2.45, 2.75) is 61.7 Å². The Balaban J connectivity index is 1.41. The van der Waals surface area contributed by atoms with Crippen molar-refractivity contribution in [3.8, 4) is 17.6 Å². The number of phenolic OH excluding ortho intramolecular Hbond substituents is 1. The monoisotopic (exact) mass is 737 g/mol. The van der Waals surface area contributed by atoms with Crippen LogP contribution >= 0.6 is 0 Å². The van der Waals surface area contributed by atoms with Crippen LogP contribution < -0.4 is 16.4 Å². The molecule has 3 saturated heterocycles. The minimum Gasteiger partial charge on any atom is -0.508 e. The molecule has 4 aromatic carbocycles. The Morgan fingerprint density at radius 1 is 0.836 bits per heavy atom. The van der Waals surface area contributed by atoms with Crippen LogP contribution in [-0.4, -0.2) is 64.4 Å². The quantitative estimate of drug-likeness (QED) is 0.156. The molecule has 11 heteroatoms. The molecular formula is C44H43N5O6. The first-order valence-corrected chi connectivity index (χ1v) is 18.9. The standard InChI is InChI=1S/C44H43N5O6/c45-43(54)46-24-12-13-28-18-23-34-33(27-28)44(42(53)47-34)35(40(51)48-25-10-2-1-3-11-26-48)37-41(52)55-38(30-16-8-5-9-17-30)36(29-14-6-4-7-15-29)49(37)39(44)31-19-21-32(50)22-20-31/h4-9,14-23,27,35-39,50H,1-3,10-11,24-26H2,(H,47,53)(H3,45,46,54). The number of benzene rings is 4. The van der Waals surface area contributed by atoms with Gasteiger partial charge in [-0.05, 0) is 65.4 Å². The minimum atomic E-state index is -1.64. The number of urea groups is 1. The molecule has 0 bridgehead atoms. The van der Waals surface area contributed by atoms with Gasteiger partial charge in [-0.2, -0.15) is 0 Å². The summed E-state index contributed by atoms with van der Waals surface area (Å²) in [4.78, 5) is 61.1. The van der Waals surface area contributed by atoms with Crippen molar-refractivity contribution < 1.29 is 29.0 Å². The van der Waals surface area contributed by atoms with Crippen LogP contribution in [0.3, 0.4) is 0 Å². The van der Waals surface area contributed by atoms with E-state index in [1.807, 2.05) is 71.6 Å². The van der Waals surface area contributed by atoms with E-state index in [0.717, 1.165) is 43.2 Å².